The van der Waals surface area contributed by atoms with E-state index in [2.05, 4.69) is 9.05 Å². The van der Waals surface area contributed by atoms with E-state index in [1.54, 1.807) is 0 Å². The Bertz CT molecular complexity index is 229. The third-order valence-corrected chi connectivity index (χ3v) is 1.72. The largest absolute Gasteiger partial charge is 0.513 e. The summed E-state index contributed by atoms with van der Waals surface area (Å²) < 4.78 is 31.2. The minimum Gasteiger partial charge on any atom is -0.297 e. The molecule has 0 rings (SSSR count). The molecule has 0 saturated carbocycles. The van der Waals surface area contributed by atoms with E-state index in [0.717, 1.165) is 13.8 Å². The Kier molecular flexibility index (Phi) is 4.98. The highest BCUT2D eigenvalue weighted by atomic mass is 31.2. The SMILES string of the molecule is CC(=O)COP(=O)(F)OCC(C)=O. The van der Waals surface area contributed by atoms with Crippen molar-refractivity contribution in [3.05, 3.63) is 0 Å². The molecule has 0 bridgehead atoms. The number of hydrogen-bond acceptors (Lipinski definition) is 5. The Labute approximate surface area is 74.9 Å². The second-order valence-electron chi connectivity index (χ2n) is 2.38. The van der Waals surface area contributed by atoms with Crippen LogP contribution in [-0.2, 0) is 23.2 Å². The molecule has 0 heterocycles. The predicted octanol–water partition coefficient (Wildman–Crippen LogP) is 1.28. The number of carbonyl (C=O) groups is 2. The number of rotatable bonds is 6. The maximum absolute atomic E-state index is 12.6. The van der Waals surface area contributed by atoms with Crippen LogP contribution in [0.25, 0.3) is 0 Å². The van der Waals surface area contributed by atoms with Crippen molar-refractivity contribution < 1.29 is 27.4 Å². The lowest BCUT2D eigenvalue weighted by atomic mass is 10.5. The standard InChI is InChI=1S/C6H10FO5P/c1-5(8)3-11-13(7,10)12-4-6(2)9/h3-4H2,1-2H3. The Balaban J connectivity index is 3.87. The van der Waals surface area contributed by atoms with Crippen LogP contribution in [0.15, 0.2) is 0 Å². The molecule has 76 valence electrons. The first kappa shape index (κ1) is 12.4. The van der Waals surface area contributed by atoms with Gasteiger partial charge in [0.05, 0.1) is 0 Å². The van der Waals surface area contributed by atoms with Gasteiger partial charge in [-0.05, 0) is 13.8 Å². The van der Waals surface area contributed by atoms with Crippen LogP contribution >= 0.6 is 7.91 Å². The smallest absolute Gasteiger partial charge is 0.297 e. The second-order valence-corrected chi connectivity index (χ2v) is 3.76. The van der Waals surface area contributed by atoms with Crippen molar-refractivity contribution in [3.8, 4) is 0 Å². The van der Waals surface area contributed by atoms with Crippen molar-refractivity contribution in [1.29, 1.82) is 0 Å². The third kappa shape index (κ3) is 7.77. The highest BCUT2D eigenvalue weighted by molar-refractivity contribution is 7.48. The van der Waals surface area contributed by atoms with Crippen LogP contribution in [0, 0.1) is 0 Å². The van der Waals surface area contributed by atoms with Crippen molar-refractivity contribution in [2.24, 2.45) is 0 Å². The van der Waals surface area contributed by atoms with Gasteiger partial charge in [0, 0.05) is 0 Å². The molecule has 0 aliphatic carbocycles. The molecule has 0 N–H and O–H groups in total. The van der Waals surface area contributed by atoms with Crippen LogP contribution in [0.3, 0.4) is 0 Å². The zero-order valence-corrected chi connectivity index (χ0v) is 8.18. The summed E-state index contributed by atoms with van der Waals surface area (Å²) in [6, 6.07) is 0. The van der Waals surface area contributed by atoms with E-state index in [0.29, 0.717) is 0 Å². The first-order chi connectivity index (χ1) is 5.83. The zero-order valence-electron chi connectivity index (χ0n) is 7.28. The van der Waals surface area contributed by atoms with Crippen molar-refractivity contribution in [2.75, 3.05) is 13.2 Å². The molecule has 0 amide bonds. The monoisotopic (exact) mass is 212 g/mol. The van der Waals surface area contributed by atoms with Crippen molar-refractivity contribution in [1.82, 2.24) is 0 Å². The van der Waals surface area contributed by atoms with Crippen molar-refractivity contribution in [2.45, 2.75) is 13.8 Å². The van der Waals surface area contributed by atoms with Gasteiger partial charge in [-0.25, -0.2) is 4.57 Å². The summed E-state index contributed by atoms with van der Waals surface area (Å²) in [6.45, 7) is 1.02. The first-order valence-electron chi connectivity index (χ1n) is 3.41. The maximum atomic E-state index is 12.6. The summed E-state index contributed by atoms with van der Waals surface area (Å²) in [6.07, 6.45) is 0. The highest BCUT2D eigenvalue weighted by Gasteiger charge is 2.25. The topological polar surface area (TPSA) is 69.7 Å². The van der Waals surface area contributed by atoms with E-state index in [1.807, 2.05) is 0 Å². The van der Waals surface area contributed by atoms with Gasteiger partial charge in [0.2, 0.25) is 0 Å². The van der Waals surface area contributed by atoms with Gasteiger partial charge in [-0.1, -0.05) is 0 Å². The maximum Gasteiger partial charge on any atom is 0.513 e. The summed E-state index contributed by atoms with van der Waals surface area (Å²) in [5, 5.41) is 0. The van der Waals surface area contributed by atoms with E-state index in [-0.39, 0.29) is 0 Å². The van der Waals surface area contributed by atoms with Crippen LogP contribution in [0.1, 0.15) is 13.8 Å². The molecular formula is C6H10FO5P. The van der Waals surface area contributed by atoms with E-state index in [1.165, 1.54) is 0 Å². The molecule has 0 aromatic carbocycles. The summed E-state index contributed by atoms with van der Waals surface area (Å²) >= 11 is 0. The first-order valence-corrected chi connectivity index (χ1v) is 4.84. The molecule has 0 atom stereocenters. The van der Waals surface area contributed by atoms with Gasteiger partial charge in [0.15, 0.2) is 11.6 Å². The van der Waals surface area contributed by atoms with Crippen LogP contribution in [-0.4, -0.2) is 24.8 Å². The van der Waals surface area contributed by atoms with Crippen molar-refractivity contribution >= 4 is 19.5 Å². The number of carbonyl (C=O) groups excluding carboxylic acids is 2. The minimum atomic E-state index is -4.74. The molecule has 13 heavy (non-hydrogen) atoms. The summed E-state index contributed by atoms with van der Waals surface area (Å²) in [7, 11) is -4.74. The molecule has 0 spiro atoms. The van der Waals surface area contributed by atoms with Crippen LogP contribution in [0.2, 0.25) is 0 Å². The van der Waals surface area contributed by atoms with Gasteiger partial charge in [0.25, 0.3) is 0 Å². The Morgan fingerprint density at radius 1 is 1.15 bits per heavy atom. The molecule has 0 aliphatic heterocycles. The molecule has 7 heteroatoms. The molecule has 0 radical (unpaired) electrons. The molecule has 5 nitrogen and oxygen atoms in total. The Morgan fingerprint density at radius 3 is 1.69 bits per heavy atom. The van der Waals surface area contributed by atoms with Crippen LogP contribution < -0.4 is 0 Å². The normalized spacial score (nSPS) is 11.3. The van der Waals surface area contributed by atoms with Gasteiger partial charge in [0.1, 0.15) is 13.2 Å². The fourth-order valence-corrected chi connectivity index (χ4v) is 1.12. The lowest BCUT2D eigenvalue weighted by molar-refractivity contribution is -0.120. The molecular weight excluding hydrogens is 202 g/mol. The minimum absolute atomic E-state index is 0.482. The van der Waals surface area contributed by atoms with E-state index in [9.17, 15) is 18.4 Å². The van der Waals surface area contributed by atoms with Crippen LogP contribution in [0.5, 0.6) is 0 Å². The van der Waals surface area contributed by atoms with E-state index >= 15 is 0 Å². The molecule has 0 aliphatic rings. The average molecular weight is 212 g/mol. The molecule has 0 fully saturated rings. The fraction of sp³-hybridized carbons (Fsp3) is 0.667. The number of ketones is 2. The summed E-state index contributed by atoms with van der Waals surface area (Å²) in [4.78, 5) is 20.6. The number of Topliss-reactive ketones (excluding diaryl/α,β-unsaturated/α-hetero) is 2. The van der Waals surface area contributed by atoms with Gasteiger partial charge < -0.3 is 0 Å². The van der Waals surface area contributed by atoms with Gasteiger partial charge in [-0.15, -0.1) is 4.20 Å². The molecule has 0 aromatic heterocycles. The van der Waals surface area contributed by atoms with Gasteiger partial charge in [-0.2, -0.15) is 0 Å². The van der Waals surface area contributed by atoms with Crippen LogP contribution in [0.4, 0.5) is 4.20 Å². The Hall–Kier alpha value is -0.580. The summed E-state index contributed by atoms with van der Waals surface area (Å²) in [5.74, 6) is -0.964. The molecule has 0 saturated heterocycles. The number of halogens is 1. The molecule has 0 aromatic rings. The quantitative estimate of drug-likeness (QED) is 0.620. The van der Waals surface area contributed by atoms with Gasteiger partial charge in [-0.3, -0.25) is 18.6 Å². The lowest BCUT2D eigenvalue weighted by Gasteiger charge is -2.06. The third-order valence-electron chi connectivity index (χ3n) is 0.844. The van der Waals surface area contributed by atoms with E-state index in [4.69, 9.17) is 0 Å². The second kappa shape index (κ2) is 5.21. The summed E-state index contributed by atoms with van der Waals surface area (Å²) in [5.41, 5.74) is 0. The number of hydrogen-bond donors (Lipinski definition) is 0. The van der Waals surface area contributed by atoms with E-state index < -0.39 is 32.7 Å². The Morgan fingerprint density at radius 2 is 1.46 bits per heavy atom. The van der Waals surface area contributed by atoms with Gasteiger partial charge >= 0.3 is 7.91 Å². The van der Waals surface area contributed by atoms with Crippen molar-refractivity contribution in [3.63, 3.8) is 0 Å². The fourth-order valence-electron chi connectivity index (χ4n) is 0.373. The molecule has 0 unspecified atom stereocenters. The highest BCUT2D eigenvalue weighted by Crippen LogP contribution is 2.49. The zero-order chi connectivity index (χ0) is 10.5. The average Bonchev–Trinajstić information content (AvgIpc) is 1.98. The lowest BCUT2D eigenvalue weighted by Crippen LogP contribution is -2.05. The predicted molar refractivity (Wildman–Crippen MR) is 42.0 cm³/mol.